The molecule has 4 aromatic rings. The molecule has 1 aliphatic rings. The van der Waals surface area contributed by atoms with Crippen molar-refractivity contribution in [3.05, 3.63) is 104 Å². The molecular formula is C29H24ClF2NO3S. The maximum atomic E-state index is 14.0. The highest BCUT2D eigenvalue weighted by molar-refractivity contribution is 8.03. The van der Waals surface area contributed by atoms with Gasteiger partial charge in [-0.3, -0.25) is 4.79 Å². The standard InChI is InChI=1S/C29H24ClF2NO3S/c1-17(26-15-33-16-37-26)19-9-8-18(22(30)13-19)5-4-12-35-29-27(34)21-6-2-3-7-25(21)36-28(29)20-10-11-23(31)24(32)14-20/h2-3,6-11,13-14,33H,4-5,12,15-16H2,1H3. The number of hydrogen-bond donors (Lipinski definition) is 1. The van der Waals surface area contributed by atoms with Crippen LogP contribution in [0.4, 0.5) is 8.78 Å². The van der Waals surface area contributed by atoms with Gasteiger partial charge in [0.15, 0.2) is 17.4 Å². The van der Waals surface area contributed by atoms with Crippen LogP contribution < -0.4 is 15.5 Å². The zero-order chi connectivity index (χ0) is 25.9. The molecule has 0 saturated carbocycles. The Balaban J connectivity index is 1.35. The van der Waals surface area contributed by atoms with Crippen molar-refractivity contribution in [2.75, 3.05) is 19.0 Å². The average molecular weight is 540 g/mol. The maximum Gasteiger partial charge on any atom is 0.235 e. The summed E-state index contributed by atoms with van der Waals surface area (Å²) in [6.45, 7) is 3.19. The molecule has 0 aliphatic carbocycles. The minimum absolute atomic E-state index is 0.0314. The molecule has 0 amide bonds. The van der Waals surface area contributed by atoms with Crippen LogP contribution >= 0.6 is 23.4 Å². The molecule has 4 nitrogen and oxygen atoms in total. The van der Waals surface area contributed by atoms with Gasteiger partial charge in [0.05, 0.1) is 12.0 Å². The molecule has 37 heavy (non-hydrogen) atoms. The number of fused-ring (bicyclic) bond motifs is 1. The first kappa shape index (κ1) is 25.5. The molecule has 0 bridgehead atoms. The summed E-state index contributed by atoms with van der Waals surface area (Å²) in [7, 11) is 0. The molecule has 1 N–H and O–H groups in total. The van der Waals surface area contributed by atoms with Crippen molar-refractivity contribution in [1.29, 1.82) is 0 Å². The lowest BCUT2D eigenvalue weighted by molar-refractivity contribution is 0.303. The number of allylic oxidation sites excluding steroid dienone is 1. The van der Waals surface area contributed by atoms with Gasteiger partial charge in [-0.15, -0.1) is 11.8 Å². The minimum Gasteiger partial charge on any atom is -0.486 e. The van der Waals surface area contributed by atoms with Gasteiger partial charge in [-0.1, -0.05) is 35.9 Å². The van der Waals surface area contributed by atoms with Gasteiger partial charge in [0, 0.05) is 27.9 Å². The Morgan fingerprint density at radius 2 is 1.95 bits per heavy atom. The quantitative estimate of drug-likeness (QED) is 0.247. The fraction of sp³-hybridized carbons (Fsp3) is 0.207. The molecule has 1 aromatic heterocycles. The number of benzene rings is 3. The maximum absolute atomic E-state index is 14.0. The van der Waals surface area contributed by atoms with Crippen molar-refractivity contribution in [3.8, 4) is 17.1 Å². The van der Waals surface area contributed by atoms with Crippen molar-refractivity contribution >= 4 is 39.9 Å². The highest BCUT2D eigenvalue weighted by Crippen LogP contribution is 2.33. The lowest BCUT2D eigenvalue weighted by atomic mass is 10.0. The highest BCUT2D eigenvalue weighted by Gasteiger charge is 2.19. The van der Waals surface area contributed by atoms with Crippen LogP contribution in [0.5, 0.6) is 5.75 Å². The number of thioether (sulfide) groups is 1. The fourth-order valence-electron chi connectivity index (χ4n) is 4.26. The Morgan fingerprint density at radius 1 is 1.11 bits per heavy atom. The van der Waals surface area contributed by atoms with E-state index in [2.05, 4.69) is 18.3 Å². The molecule has 0 atom stereocenters. The van der Waals surface area contributed by atoms with E-state index in [1.54, 1.807) is 24.3 Å². The van der Waals surface area contributed by atoms with Crippen molar-refractivity contribution in [3.63, 3.8) is 0 Å². The van der Waals surface area contributed by atoms with Gasteiger partial charge in [0.2, 0.25) is 11.2 Å². The van der Waals surface area contributed by atoms with Crippen LogP contribution in [-0.2, 0) is 6.42 Å². The van der Waals surface area contributed by atoms with Gasteiger partial charge in [-0.05, 0) is 72.9 Å². The summed E-state index contributed by atoms with van der Waals surface area (Å²) in [5.74, 6) is -1.07. The highest BCUT2D eigenvalue weighted by atomic mass is 35.5. The first-order valence-corrected chi connectivity index (χ1v) is 13.2. The monoisotopic (exact) mass is 539 g/mol. The van der Waals surface area contributed by atoms with Gasteiger partial charge in [0.1, 0.15) is 5.58 Å². The largest absolute Gasteiger partial charge is 0.486 e. The van der Waals surface area contributed by atoms with Crippen LogP contribution in [0.1, 0.15) is 24.5 Å². The Kier molecular flexibility index (Phi) is 7.65. The summed E-state index contributed by atoms with van der Waals surface area (Å²) < 4.78 is 39.3. The van der Waals surface area contributed by atoms with Crippen LogP contribution in [0.15, 0.2) is 74.8 Å². The molecule has 2 heterocycles. The minimum atomic E-state index is -1.04. The van der Waals surface area contributed by atoms with Crippen molar-refractivity contribution in [2.45, 2.75) is 19.8 Å². The third kappa shape index (κ3) is 5.44. The molecule has 0 radical (unpaired) electrons. The number of halogens is 3. The van der Waals surface area contributed by atoms with Crippen LogP contribution in [0.2, 0.25) is 5.02 Å². The van der Waals surface area contributed by atoms with E-state index in [0.29, 0.717) is 28.8 Å². The summed E-state index contributed by atoms with van der Waals surface area (Å²) in [6, 6.07) is 16.2. The van der Waals surface area contributed by atoms with E-state index in [9.17, 15) is 13.6 Å². The molecular weight excluding hydrogens is 516 g/mol. The molecule has 1 fully saturated rings. The first-order chi connectivity index (χ1) is 17.9. The number of nitrogens with one attached hydrogen (secondary N) is 1. The predicted octanol–water partition coefficient (Wildman–Crippen LogP) is 7.43. The Bertz CT molecular complexity index is 1560. The topological polar surface area (TPSA) is 51.5 Å². The SMILES string of the molecule is CC(=C1CNCS1)c1ccc(CCCOc2c(-c3ccc(F)c(F)c3)oc3ccccc3c2=O)c(Cl)c1. The summed E-state index contributed by atoms with van der Waals surface area (Å²) >= 11 is 8.39. The van der Waals surface area contributed by atoms with Crippen LogP contribution in [-0.4, -0.2) is 19.0 Å². The van der Waals surface area contributed by atoms with Gasteiger partial charge in [-0.2, -0.15) is 0 Å². The van der Waals surface area contributed by atoms with Crippen LogP contribution in [0.3, 0.4) is 0 Å². The smallest absolute Gasteiger partial charge is 0.235 e. The first-order valence-electron chi connectivity index (χ1n) is 11.9. The van der Waals surface area contributed by atoms with E-state index in [-0.39, 0.29) is 29.1 Å². The second-order valence-electron chi connectivity index (χ2n) is 8.74. The average Bonchev–Trinajstić information content (AvgIpc) is 3.44. The third-order valence-corrected chi connectivity index (χ3v) is 7.81. The molecule has 1 saturated heterocycles. The van der Waals surface area contributed by atoms with Crippen LogP contribution in [0.25, 0.3) is 27.9 Å². The van der Waals surface area contributed by atoms with Crippen molar-refractivity contribution in [1.82, 2.24) is 5.32 Å². The van der Waals surface area contributed by atoms with Crippen molar-refractivity contribution < 1.29 is 17.9 Å². The van der Waals surface area contributed by atoms with Gasteiger partial charge >= 0.3 is 0 Å². The predicted molar refractivity (Wildman–Crippen MR) is 146 cm³/mol. The Hall–Kier alpha value is -3.13. The van der Waals surface area contributed by atoms with E-state index in [1.807, 2.05) is 23.9 Å². The van der Waals surface area contributed by atoms with Gasteiger partial charge in [0.25, 0.3) is 0 Å². The summed E-state index contributed by atoms with van der Waals surface area (Å²) in [6.07, 6.45) is 1.23. The number of rotatable bonds is 7. The summed E-state index contributed by atoms with van der Waals surface area (Å²) in [5.41, 5.74) is 3.49. The molecule has 8 heteroatoms. The zero-order valence-corrected chi connectivity index (χ0v) is 21.6. The molecule has 190 valence electrons. The second-order valence-corrected chi connectivity index (χ2v) is 10.2. The Labute approximate surface area is 222 Å². The summed E-state index contributed by atoms with van der Waals surface area (Å²) in [4.78, 5) is 14.5. The van der Waals surface area contributed by atoms with Gasteiger partial charge in [-0.25, -0.2) is 8.78 Å². The normalized spacial score (nSPS) is 14.8. The van der Waals surface area contributed by atoms with E-state index in [1.165, 1.54) is 16.5 Å². The number of para-hydroxylation sites is 1. The van der Waals surface area contributed by atoms with Crippen molar-refractivity contribution in [2.24, 2.45) is 0 Å². The summed E-state index contributed by atoms with van der Waals surface area (Å²) in [5, 5.41) is 4.36. The molecule has 5 rings (SSSR count). The number of hydrogen-bond acceptors (Lipinski definition) is 5. The molecule has 1 aliphatic heterocycles. The third-order valence-electron chi connectivity index (χ3n) is 6.31. The van der Waals surface area contributed by atoms with Gasteiger partial charge < -0.3 is 14.5 Å². The lowest BCUT2D eigenvalue weighted by Gasteiger charge is -2.13. The number of aryl methyl sites for hydroxylation is 1. The van der Waals surface area contributed by atoms with E-state index < -0.39 is 11.6 Å². The fourth-order valence-corrected chi connectivity index (χ4v) is 5.45. The second kappa shape index (κ2) is 11.1. The van der Waals surface area contributed by atoms with Crippen LogP contribution in [0, 0.1) is 11.6 Å². The van der Waals surface area contributed by atoms with E-state index in [4.69, 9.17) is 20.8 Å². The number of ether oxygens (including phenoxy) is 1. The van der Waals surface area contributed by atoms with E-state index >= 15 is 0 Å². The van der Waals surface area contributed by atoms with E-state index in [0.717, 1.165) is 35.7 Å². The Morgan fingerprint density at radius 3 is 2.70 bits per heavy atom. The molecule has 0 unspecified atom stereocenters. The zero-order valence-electron chi connectivity index (χ0n) is 20.1. The lowest BCUT2D eigenvalue weighted by Crippen LogP contribution is -2.12. The molecule has 3 aromatic carbocycles. The molecule has 0 spiro atoms.